The minimum absolute atomic E-state index is 0.206. The van der Waals surface area contributed by atoms with Crippen LogP contribution in [0.2, 0.25) is 0 Å². The molecular weight excluding hydrogens is 240 g/mol. The maximum absolute atomic E-state index is 11.7. The van der Waals surface area contributed by atoms with Crippen LogP contribution in [0.25, 0.3) is 0 Å². The predicted octanol–water partition coefficient (Wildman–Crippen LogP) is 1.90. The van der Waals surface area contributed by atoms with Gasteiger partial charge >= 0.3 is 5.97 Å². The molecule has 2 heterocycles. The van der Waals surface area contributed by atoms with Gasteiger partial charge in [0.15, 0.2) is 0 Å². The second-order valence-corrected chi connectivity index (χ2v) is 6.87. The zero-order valence-corrected chi connectivity index (χ0v) is 12.7. The second-order valence-electron chi connectivity index (χ2n) is 6.87. The first-order valence-corrected chi connectivity index (χ1v) is 7.58. The molecule has 0 aromatic heterocycles. The predicted molar refractivity (Wildman–Crippen MR) is 76.2 cm³/mol. The number of likely N-dealkylation sites (tertiary alicyclic amines) is 2. The van der Waals surface area contributed by atoms with Crippen LogP contribution in [0, 0.1) is 11.3 Å². The molecule has 0 spiro atoms. The van der Waals surface area contributed by atoms with Gasteiger partial charge < -0.3 is 5.11 Å². The van der Waals surface area contributed by atoms with Crippen molar-refractivity contribution in [3.05, 3.63) is 0 Å². The van der Waals surface area contributed by atoms with Gasteiger partial charge in [0.1, 0.15) is 0 Å². The van der Waals surface area contributed by atoms with Crippen LogP contribution in [0.15, 0.2) is 0 Å². The van der Waals surface area contributed by atoms with Gasteiger partial charge in [-0.1, -0.05) is 13.8 Å². The summed E-state index contributed by atoms with van der Waals surface area (Å²) in [6, 6.07) is 1.16. The van der Waals surface area contributed by atoms with Gasteiger partial charge in [-0.05, 0) is 39.2 Å². The lowest BCUT2D eigenvalue weighted by molar-refractivity contribution is -0.151. The van der Waals surface area contributed by atoms with Crippen molar-refractivity contribution < 1.29 is 9.90 Å². The first-order valence-electron chi connectivity index (χ1n) is 7.58. The highest BCUT2D eigenvalue weighted by Crippen LogP contribution is 2.39. The van der Waals surface area contributed by atoms with E-state index in [1.165, 1.54) is 6.42 Å². The van der Waals surface area contributed by atoms with Gasteiger partial charge in [-0.2, -0.15) is 0 Å². The number of carboxylic acid groups (broad SMARTS) is 1. The maximum atomic E-state index is 11.7. The van der Waals surface area contributed by atoms with Crippen LogP contribution in [0.3, 0.4) is 0 Å². The molecule has 1 N–H and O–H groups in total. The number of hydrogen-bond acceptors (Lipinski definition) is 3. The van der Waals surface area contributed by atoms with Crippen LogP contribution in [-0.2, 0) is 4.79 Å². The number of carboxylic acids is 1. The third-order valence-electron chi connectivity index (χ3n) is 5.30. The Morgan fingerprint density at radius 2 is 1.95 bits per heavy atom. The lowest BCUT2D eigenvalue weighted by atomic mass is 9.76. The van der Waals surface area contributed by atoms with Crippen LogP contribution in [-0.4, -0.2) is 59.1 Å². The van der Waals surface area contributed by atoms with Crippen molar-refractivity contribution in [2.45, 2.75) is 52.6 Å². The Balaban J connectivity index is 2.01. The molecule has 4 heteroatoms. The van der Waals surface area contributed by atoms with E-state index in [4.69, 9.17) is 0 Å². The van der Waals surface area contributed by atoms with E-state index < -0.39 is 11.4 Å². The van der Waals surface area contributed by atoms with E-state index in [0.717, 1.165) is 32.6 Å². The molecule has 2 aliphatic rings. The molecule has 110 valence electrons. The number of hydrogen-bond donors (Lipinski definition) is 1. The van der Waals surface area contributed by atoms with E-state index in [1.807, 2.05) is 13.8 Å². The smallest absolute Gasteiger partial charge is 0.311 e. The van der Waals surface area contributed by atoms with Crippen molar-refractivity contribution in [3.63, 3.8) is 0 Å². The van der Waals surface area contributed by atoms with Crippen molar-refractivity contribution >= 4 is 5.97 Å². The monoisotopic (exact) mass is 268 g/mol. The average molecular weight is 268 g/mol. The first-order chi connectivity index (χ1) is 8.86. The molecule has 2 saturated heterocycles. The van der Waals surface area contributed by atoms with Crippen molar-refractivity contribution in [3.8, 4) is 0 Å². The summed E-state index contributed by atoms with van der Waals surface area (Å²) in [6.07, 6.45) is 1.99. The Morgan fingerprint density at radius 3 is 2.37 bits per heavy atom. The van der Waals surface area contributed by atoms with Gasteiger partial charge in [0.25, 0.3) is 0 Å². The minimum atomic E-state index is -0.608. The van der Waals surface area contributed by atoms with E-state index in [9.17, 15) is 9.90 Å². The molecule has 0 radical (unpaired) electrons. The molecule has 2 atom stereocenters. The van der Waals surface area contributed by atoms with E-state index >= 15 is 0 Å². The summed E-state index contributed by atoms with van der Waals surface area (Å²) in [6.45, 7) is 12.5. The Labute approximate surface area is 116 Å². The van der Waals surface area contributed by atoms with Gasteiger partial charge in [0, 0.05) is 31.7 Å². The molecular formula is C15H28N2O2. The zero-order valence-electron chi connectivity index (χ0n) is 12.7. The van der Waals surface area contributed by atoms with Crippen molar-refractivity contribution in [2.75, 3.05) is 26.2 Å². The molecule has 0 aliphatic carbocycles. The molecule has 0 aromatic rings. The van der Waals surface area contributed by atoms with E-state index in [0.29, 0.717) is 12.1 Å². The molecule has 4 nitrogen and oxygen atoms in total. The number of carbonyl (C=O) groups is 1. The summed E-state index contributed by atoms with van der Waals surface area (Å²) in [4.78, 5) is 16.6. The fourth-order valence-electron chi connectivity index (χ4n) is 3.60. The second kappa shape index (κ2) is 5.41. The average Bonchev–Trinajstić information content (AvgIpc) is 2.96. The fourth-order valence-corrected chi connectivity index (χ4v) is 3.60. The van der Waals surface area contributed by atoms with Crippen LogP contribution in [0.4, 0.5) is 0 Å². The molecule has 0 aromatic carbocycles. The largest absolute Gasteiger partial charge is 0.481 e. The third-order valence-corrected chi connectivity index (χ3v) is 5.30. The van der Waals surface area contributed by atoms with Crippen molar-refractivity contribution in [1.29, 1.82) is 0 Å². The van der Waals surface area contributed by atoms with E-state index in [2.05, 4.69) is 23.6 Å². The molecule has 0 bridgehead atoms. The minimum Gasteiger partial charge on any atom is -0.481 e. The number of rotatable bonds is 4. The van der Waals surface area contributed by atoms with Gasteiger partial charge in [-0.3, -0.25) is 14.6 Å². The summed E-state index contributed by atoms with van der Waals surface area (Å²) in [7, 11) is 0. The third kappa shape index (κ3) is 2.65. The lowest BCUT2D eigenvalue weighted by Gasteiger charge is -2.31. The first kappa shape index (κ1) is 14.8. The van der Waals surface area contributed by atoms with E-state index in [-0.39, 0.29) is 5.92 Å². The highest BCUT2D eigenvalue weighted by Gasteiger charge is 2.49. The summed E-state index contributed by atoms with van der Waals surface area (Å²) in [5, 5.41) is 9.60. The molecule has 2 fully saturated rings. The molecule has 2 unspecified atom stereocenters. The van der Waals surface area contributed by atoms with Crippen LogP contribution in [0.1, 0.15) is 40.5 Å². The van der Waals surface area contributed by atoms with Crippen LogP contribution in [0.5, 0.6) is 0 Å². The highest BCUT2D eigenvalue weighted by molar-refractivity contribution is 5.75. The maximum Gasteiger partial charge on any atom is 0.311 e. The van der Waals surface area contributed by atoms with Crippen molar-refractivity contribution in [2.24, 2.45) is 11.3 Å². The Kier molecular flexibility index (Phi) is 4.21. The number of nitrogens with zero attached hydrogens (tertiary/aromatic N) is 2. The Hall–Kier alpha value is -0.610. The Bertz CT molecular complexity index is 343. The normalized spacial score (nSPS) is 33.7. The standard InChI is InChI=1S/C15H28N2O2/c1-11(2)15(14(18)19)6-8-17(10-15)13-5-7-16(9-13)12(3)4/h11-13H,5-10H2,1-4H3,(H,18,19). The molecule has 0 amide bonds. The molecule has 19 heavy (non-hydrogen) atoms. The summed E-state index contributed by atoms with van der Waals surface area (Å²) in [5.41, 5.74) is -0.523. The van der Waals surface area contributed by atoms with Gasteiger partial charge in [0.05, 0.1) is 5.41 Å². The summed E-state index contributed by atoms with van der Waals surface area (Å²) >= 11 is 0. The Morgan fingerprint density at radius 1 is 1.26 bits per heavy atom. The number of aliphatic carboxylic acids is 1. The SMILES string of the molecule is CC(C)N1CCC(N2CCC(C(=O)O)(C(C)C)C2)C1. The van der Waals surface area contributed by atoms with E-state index in [1.54, 1.807) is 0 Å². The van der Waals surface area contributed by atoms with Gasteiger partial charge in [-0.25, -0.2) is 0 Å². The van der Waals surface area contributed by atoms with Gasteiger partial charge in [0.2, 0.25) is 0 Å². The lowest BCUT2D eigenvalue weighted by Crippen LogP contribution is -2.43. The fraction of sp³-hybridized carbons (Fsp3) is 0.933. The quantitative estimate of drug-likeness (QED) is 0.846. The topological polar surface area (TPSA) is 43.8 Å². The molecule has 0 saturated carbocycles. The zero-order chi connectivity index (χ0) is 14.2. The molecule has 2 aliphatic heterocycles. The van der Waals surface area contributed by atoms with Gasteiger partial charge in [-0.15, -0.1) is 0 Å². The van der Waals surface area contributed by atoms with Crippen LogP contribution >= 0.6 is 0 Å². The summed E-state index contributed by atoms with van der Waals surface area (Å²) < 4.78 is 0. The van der Waals surface area contributed by atoms with Crippen molar-refractivity contribution in [1.82, 2.24) is 9.80 Å². The molecule has 2 rings (SSSR count). The van der Waals surface area contributed by atoms with Crippen LogP contribution < -0.4 is 0 Å². The summed E-state index contributed by atoms with van der Waals surface area (Å²) in [5.74, 6) is -0.402. The highest BCUT2D eigenvalue weighted by atomic mass is 16.4.